The Hall–Kier alpha value is -1.66. The van der Waals surface area contributed by atoms with Crippen LogP contribution in [0.2, 0.25) is 4.34 Å². The van der Waals surface area contributed by atoms with E-state index in [0.717, 1.165) is 17.1 Å². The summed E-state index contributed by atoms with van der Waals surface area (Å²) in [6.07, 6.45) is 0.434. The summed E-state index contributed by atoms with van der Waals surface area (Å²) in [5.41, 5.74) is 2.55. The molecule has 5 nitrogen and oxygen atoms in total. The second-order valence-corrected chi connectivity index (χ2v) is 6.10. The maximum Gasteiger partial charge on any atom is 0.226 e. The summed E-state index contributed by atoms with van der Waals surface area (Å²) >= 11 is 7.26. The molecule has 1 amide bonds. The van der Waals surface area contributed by atoms with Crippen molar-refractivity contribution in [1.29, 1.82) is 0 Å². The molecule has 0 saturated carbocycles. The molecule has 1 atom stereocenters. The molecule has 104 valence electrons. The fourth-order valence-electron chi connectivity index (χ4n) is 2.34. The zero-order valence-corrected chi connectivity index (χ0v) is 12.4. The predicted molar refractivity (Wildman–Crippen MR) is 80.3 cm³/mol. The van der Waals surface area contributed by atoms with Gasteiger partial charge in [-0.2, -0.15) is 0 Å². The van der Waals surface area contributed by atoms with Gasteiger partial charge in [0.1, 0.15) is 10.0 Å². The molecule has 0 spiro atoms. The molecule has 0 radical (unpaired) electrons. The number of fused-ring (bicyclic) bond motifs is 1. The van der Waals surface area contributed by atoms with E-state index >= 15 is 0 Å². The monoisotopic (exact) mass is 308 g/mol. The number of amides is 1. The van der Waals surface area contributed by atoms with Crippen molar-refractivity contribution in [2.24, 2.45) is 0 Å². The smallest absolute Gasteiger partial charge is 0.226 e. The van der Waals surface area contributed by atoms with Gasteiger partial charge in [-0.25, -0.2) is 0 Å². The average Bonchev–Trinajstić information content (AvgIpc) is 2.76. The van der Waals surface area contributed by atoms with Crippen LogP contribution in [0.25, 0.3) is 0 Å². The van der Waals surface area contributed by atoms with Crippen LogP contribution >= 0.6 is 23.1 Å². The first-order valence-corrected chi connectivity index (χ1v) is 7.42. The number of carbonyl (C=O) groups excluding carboxylic acids is 1. The lowest BCUT2D eigenvalue weighted by molar-refractivity contribution is -0.116. The van der Waals surface area contributed by atoms with Gasteiger partial charge in [0.2, 0.25) is 5.91 Å². The highest BCUT2D eigenvalue weighted by atomic mass is 35.5. The van der Waals surface area contributed by atoms with Crippen LogP contribution in [-0.4, -0.2) is 21.5 Å². The number of anilines is 2. The zero-order chi connectivity index (χ0) is 14.1. The molecule has 2 aromatic rings. The number of halogens is 1. The minimum absolute atomic E-state index is 0.0231. The number of hydrogen-bond donors (Lipinski definition) is 1. The number of aromatic nitrogens is 2. The molecule has 1 aromatic heterocycles. The van der Waals surface area contributed by atoms with E-state index in [1.54, 1.807) is 0 Å². The van der Waals surface area contributed by atoms with E-state index in [1.165, 1.54) is 11.5 Å². The summed E-state index contributed by atoms with van der Waals surface area (Å²) in [6, 6.07) is 7.82. The number of benzene rings is 1. The largest absolute Gasteiger partial charge is 0.361 e. The molecule has 0 fully saturated rings. The van der Waals surface area contributed by atoms with Gasteiger partial charge in [0.15, 0.2) is 0 Å². The van der Waals surface area contributed by atoms with Gasteiger partial charge in [-0.1, -0.05) is 28.2 Å². The minimum Gasteiger partial charge on any atom is -0.361 e. The Bertz CT molecular complexity index is 645. The Labute approximate surface area is 125 Å². The summed E-state index contributed by atoms with van der Waals surface area (Å²) in [7, 11) is 0. The van der Waals surface area contributed by atoms with Crippen molar-refractivity contribution in [3.63, 3.8) is 0 Å². The molecule has 3 rings (SSSR count). The lowest BCUT2D eigenvalue weighted by Gasteiger charge is -2.29. The minimum atomic E-state index is 0.0231. The summed E-state index contributed by atoms with van der Waals surface area (Å²) in [5.74, 6) is 0.0231. The van der Waals surface area contributed by atoms with Gasteiger partial charge in [0, 0.05) is 24.0 Å². The third-order valence-corrected chi connectivity index (χ3v) is 4.31. The van der Waals surface area contributed by atoms with Crippen LogP contribution in [0.4, 0.5) is 11.4 Å². The van der Waals surface area contributed by atoms with Gasteiger partial charge in [-0.05, 0) is 19.1 Å². The van der Waals surface area contributed by atoms with Crippen LogP contribution in [-0.2, 0) is 11.3 Å². The van der Waals surface area contributed by atoms with Crippen molar-refractivity contribution in [2.75, 3.05) is 10.2 Å². The fourth-order valence-corrected chi connectivity index (χ4v) is 2.95. The summed E-state index contributed by atoms with van der Waals surface area (Å²) in [4.78, 5) is 14.0. The Kier molecular flexibility index (Phi) is 3.58. The lowest BCUT2D eigenvalue weighted by atomic mass is 10.1. The summed E-state index contributed by atoms with van der Waals surface area (Å²) in [6.45, 7) is 2.57. The molecular formula is C13H13ClN4OS. The van der Waals surface area contributed by atoms with Crippen LogP contribution in [0.3, 0.4) is 0 Å². The zero-order valence-electron chi connectivity index (χ0n) is 10.8. The molecule has 0 bridgehead atoms. The standard InChI is InChI=1S/C13H13ClN4OS/c1-8-6-12(19)15-9-4-2-3-5-11(9)18(8)7-10-13(14)20-17-16-10/h2-5,8H,6-7H2,1H3,(H,15,19)/t8-/m0/s1. The number of rotatable bonds is 2. The molecule has 20 heavy (non-hydrogen) atoms. The maximum absolute atomic E-state index is 11.9. The lowest BCUT2D eigenvalue weighted by Crippen LogP contribution is -2.33. The Morgan fingerprint density at radius 3 is 3.05 bits per heavy atom. The van der Waals surface area contributed by atoms with Crippen molar-refractivity contribution < 1.29 is 4.79 Å². The third kappa shape index (κ3) is 2.48. The van der Waals surface area contributed by atoms with Crippen molar-refractivity contribution >= 4 is 40.4 Å². The number of carbonyl (C=O) groups is 1. The third-order valence-electron chi connectivity index (χ3n) is 3.33. The van der Waals surface area contributed by atoms with E-state index in [4.69, 9.17) is 11.6 Å². The average molecular weight is 309 g/mol. The Morgan fingerprint density at radius 2 is 2.30 bits per heavy atom. The van der Waals surface area contributed by atoms with Gasteiger partial charge in [-0.3, -0.25) is 4.79 Å². The molecule has 0 unspecified atom stereocenters. The van der Waals surface area contributed by atoms with Gasteiger partial charge in [0.05, 0.1) is 17.9 Å². The number of para-hydroxylation sites is 2. The van der Waals surface area contributed by atoms with E-state index in [2.05, 4.69) is 19.8 Å². The molecule has 0 saturated heterocycles. The van der Waals surface area contributed by atoms with E-state index in [0.29, 0.717) is 17.3 Å². The van der Waals surface area contributed by atoms with Crippen molar-refractivity contribution in [1.82, 2.24) is 9.59 Å². The van der Waals surface area contributed by atoms with Crippen LogP contribution in [0, 0.1) is 0 Å². The van der Waals surface area contributed by atoms with Crippen LogP contribution in [0.1, 0.15) is 19.0 Å². The van der Waals surface area contributed by atoms with Crippen molar-refractivity contribution in [3.05, 3.63) is 34.3 Å². The second-order valence-electron chi connectivity index (χ2n) is 4.74. The van der Waals surface area contributed by atoms with E-state index in [9.17, 15) is 4.79 Å². The van der Waals surface area contributed by atoms with Crippen LogP contribution < -0.4 is 10.2 Å². The van der Waals surface area contributed by atoms with E-state index in [-0.39, 0.29) is 11.9 Å². The van der Waals surface area contributed by atoms with Crippen molar-refractivity contribution in [3.8, 4) is 0 Å². The normalized spacial score (nSPS) is 18.4. The highest BCUT2D eigenvalue weighted by molar-refractivity contribution is 7.10. The highest BCUT2D eigenvalue weighted by Gasteiger charge is 2.26. The number of nitrogens with one attached hydrogen (secondary N) is 1. The summed E-state index contributed by atoms with van der Waals surface area (Å²) < 4.78 is 4.45. The number of nitrogens with zero attached hydrogens (tertiary/aromatic N) is 3. The molecule has 1 N–H and O–H groups in total. The number of hydrogen-bond acceptors (Lipinski definition) is 5. The van der Waals surface area contributed by atoms with Gasteiger partial charge < -0.3 is 10.2 Å². The topological polar surface area (TPSA) is 58.1 Å². The molecule has 0 aliphatic carbocycles. The molecular weight excluding hydrogens is 296 g/mol. The summed E-state index contributed by atoms with van der Waals surface area (Å²) in [5, 5.41) is 6.99. The molecule has 1 aromatic carbocycles. The predicted octanol–water partition coefficient (Wildman–Crippen LogP) is 2.93. The van der Waals surface area contributed by atoms with Crippen LogP contribution in [0.5, 0.6) is 0 Å². The quantitative estimate of drug-likeness (QED) is 0.926. The first-order valence-electron chi connectivity index (χ1n) is 6.27. The Balaban J connectivity index is 1.99. The highest BCUT2D eigenvalue weighted by Crippen LogP contribution is 2.33. The van der Waals surface area contributed by atoms with E-state index in [1.807, 2.05) is 31.2 Å². The van der Waals surface area contributed by atoms with Gasteiger partial charge in [-0.15, -0.1) is 5.10 Å². The maximum atomic E-state index is 11.9. The molecule has 1 aliphatic rings. The van der Waals surface area contributed by atoms with Gasteiger partial charge >= 0.3 is 0 Å². The SMILES string of the molecule is C[C@H]1CC(=O)Nc2ccccc2N1Cc1nnsc1Cl. The van der Waals surface area contributed by atoms with Crippen LogP contribution in [0.15, 0.2) is 24.3 Å². The molecule has 1 aliphatic heterocycles. The molecule has 7 heteroatoms. The first-order chi connectivity index (χ1) is 9.65. The molecule has 2 heterocycles. The van der Waals surface area contributed by atoms with Gasteiger partial charge in [0.25, 0.3) is 0 Å². The second kappa shape index (κ2) is 5.38. The van der Waals surface area contributed by atoms with Crippen molar-refractivity contribution in [2.45, 2.75) is 25.9 Å². The van der Waals surface area contributed by atoms with E-state index < -0.39 is 0 Å². The fraction of sp³-hybridized carbons (Fsp3) is 0.308. The first kappa shape index (κ1) is 13.3. The Morgan fingerprint density at radius 1 is 1.50 bits per heavy atom.